The molecule has 0 fully saturated rings. The van der Waals surface area contributed by atoms with E-state index in [4.69, 9.17) is 6.42 Å². The SMILES string of the molecule is C#CC#CC#CC#CC#CI=O. The van der Waals surface area contributed by atoms with E-state index in [1.165, 1.54) is 0 Å². The highest BCUT2D eigenvalue weighted by Gasteiger charge is 1.56. The first-order valence-electron chi connectivity index (χ1n) is 2.63. The molecule has 0 aliphatic heterocycles. The highest BCUT2D eigenvalue weighted by Crippen LogP contribution is 1.81. The molecule has 0 aliphatic rings. The van der Waals surface area contributed by atoms with Gasteiger partial charge in [0.25, 0.3) is 0 Å². The smallest absolute Gasteiger partial charge is 0.237 e. The van der Waals surface area contributed by atoms with Gasteiger partial charge in [0.15, 0.2) is 0 Å². The van der Waals surface area contributed by atoms with E-state index in [0.29, 0.717) is 0 Å². The van der Waals surface area contributed by atoms with Crippen LogP contribution < -0.4 is 0 Å². The van der Waals surface area contributed by atoms with Crippen LogP contribution in [0.5, 0.6) is 0 Å². The second kappa shape index (κ2) is 9.33. The summed E-state index contributed by atoms with van der Waals surface area (Å²) in [6, 6.07) is 0. The maximum Gasteiger partial charge on any atom is 0.237 e. The Morgan fingerprint density at radius 3 is 1.83 bits per heavy atom. The van der Waals surface area contributed by atoms with E-state index < -0.39 is 21.2 Å². The zero-order valence-corrected chi connectivity index (χ0v) is 8.02. The van der Waals surface area contributed by atoms with E-state index in [2.05, 4.69) is 51.3 Å². The largest absolute Gasteiger partial charge is 0.256 e. The molecule has 0 amide bonds. The molecular formula is C10HIO. The number of hydrogen-bond acceptors (Lipinski definition) is 1. The van der Waals surface area contributed by atoms with Gasteiger partial charge in [0.05, 0.1) is 0 Å². The van der Waals surface area contributed by atoms with Crippen molar-refractivity contribution in [3.05, 3.63) is 0 Å². The summed E-state index contributed by atoms with van der Waals surface area (Å²) >= 11 is -1.24. The normalized spacial score (nSPS) is 4.25. The fourth-order valence-corrected chi connectivity index (χ4v) is 0.480. The minimum absolute atomic E-state index is 1.24. The van der Waals surface area contributed by atoms with Crippen LogP contribution in [0.4, 0.5) is 0 Å². The Kier molecular flexibility index (Phi) is 8.03. The quantitative estimate of drug-likeness (QED) is 0.469. The summed E-state index contributed by atoms with van der Waals surface area (Å²) < 4.78 is 12.2. The van der Waals surface area contributed by atoms with Gasteiger partial charge in [-0.3, -0.25) is 3.07 Å². The van der Waals surface area contributed by atoms with Crippen molar-refractivity contribution in [2.45, 2.75) is 0 Å². The fourth-order valence-electron chi connectivity index (χ4n) is 0.235. The lowest BCUT2D eigenvalue weighted by Gasteiger charge is -1.53. The number of terminal acetylenes is 1. The molecule has 54 valence electrons. The first-order chi connectivity index (χ1) is 5.91. The predicted molar refractivity (Wildman–Crippen MR) is 54.6 cm³/mol. The molecule has 0 atom stereocenters. The first-order valence-corrected chi connectivity index (χ1v) is 4.59. The van der Waals surface area contributed by atoms with Crippen LogP contribution in [0.3, 0.4) is 0 Å². The molecular weight excluding hydrogens is 263 g/mol. The average Bonchev–Trinajstić information content (AvgIpc) is 2.10. The van der Waals surface area contributed by atoms with Gasteiger partial charge >= 0.3 is 0 Å². The van der Waals surface area contributed by atoms with Crippen molar-refractivity contribution in [1.29, 1.82) is 0 Å². The lowest BCUT2D eigenvalue weighted by atomic mass is 10.5. The summed E-state index contributed by atoms with van der Waals surface area (Å²) in [5, 5.41) is 0. The van der Waals surface area contributed by atoms with Crippen molar-refractivity contribution >= 4 is 21.2 Å². The number of hydrogen-bond donors (Lipinski definition) is 0. The summed E-state index contributed by atoms with van der Waals surface area (Å²) in [6.07, 6.45) is 4.83. The second-order valence-corrected chi connectivity index (χ2v) is 2.17. The van der Waals surface area contributed by atoms with Gasteiger partial charge in [-0.15, -0.1) is 6.42 Å². The Hall–Kier alpha value is -1.67. The van der Waals surface area contributed by atoms with Crippen LogP contribution in [0.15, 0.2) is 0 Å². The maximum atomic E-state index is 9.89. The first kappa shape index (κ1) is 10.3. The molecule has 0 aromatic heterocycles. The van der Waals surface area contributed by atoms with Crippen LogP contribution in [0, 0.1) is 57.7 Å². The fraction of sp³-hybridized carbons (Fsp3) is 0. The Morgan fingerprint density at radius 2 is 1.33 bits per heavy atom. The van der Waals surface area contributed by atoms with Crippen molar-refractivity contribution in [1.82, 2.24) is 0 Å². The molecule has 0 radical (unpaired) electrons. The molecule has 12 heavy (non-hydrogen) atoms. The Bertz CT molecular complexity index is 435. The molecule has 0 spiro atoms. The van der Waals surface area contributed by atoms with Gasteiger partial charge in [-0.2, -0.15) is 0 Å². The van der Waals surface area contributed by atoms with Gasteiger partial charge < -0.3 is 0 Å². The summed E-state index contributed by atoms with van der Waals surface area (Å²) in [5.74, 6) is 18.7. The lowest BCUT2D eigenvalue weighted by molar-refractivity contribution is 0.648. The van der Waals surface area contributed by atoms with Crippen molar-refractivity contribution in [3.63, 3.8) is 0 Å². The Balaban J connectivity index is 4.09. The van der Waals surface area contributed by atoms with Crippen LogP contribution in [-0.2, 0) is 3.07 Å². The standard InChI is InChI=1S/C10HIO/c1-2-3-4-5-6-7-8-9-10-11-12/h1H. The van der Waals surface area contributed by atoms with Crippen molar-refractivity contribution in [2.24, 2.45) is 0 Å². The summed E-state index contributed by atoms with van der Waals surface area (Å²) in [7, 11) is 0. The molecule has 0 saturated carbocycles. The average molecular weight is 264 g/mol. The zero-order valence-electron chi connectivity index (χ0n) is 5.86. The van der Waals surface area contributed by atoms with Crippen LogP contribution in [0.2, 0.25) is 0 Å². The second-order valence-electron chi connectivity index (χ2n) is 1.19. The third kappa shape index (κ3) is 8.33. The Morgan fingerprint density at radius 1 is 0.833 bits per heavy atom. The lowest BCUT2D eigenvalue weighted by Crippen LogP contribution is -1.52. The van der Waals surface area contributed by atoms with E-state index in [9.17, 15) is 3.07 Å². The van der Waals surface area contributed by atoms with Crippen LogP contribution in [0.25, 0.3) is 0 Å². The Labute approximate surface area is 82.0 Å². The topological polar surface area (TPSA) is 17.1 Å². The minimum Gasteiger partial charge on any atom is -0.256 e. The molecule has 2 heteroatoms. The van der Waals surface area contributed by atoms with Crippen molar-refractivity contribution in [3.8, 4) is 57.7 Å². The zero-order chi connectivity index (χ0) is 9.07. The minimum atomic E-state index is -1.24. The molecule has 0 unspecified atom stereocenters. The van der Waals surface area contributed by atoms with Gasteiger partial charge in [-0.25, -0.2) is 0 Å². The monoisotopic (exact) mass is 264 g/mol. The molecule has 0 saturated heterocycles. The van der Waals surface area contributed by atoms with Gasteiger partial charge in [-0.1, -0.05) is 0 Å². The van der Waals surface area contributed by atoms with Crippen molar-refractivity contribution in [2.75, 3.05) is 0 Å². The summed E-state index contributed by atoms with van der Waals surface area (Å²) in [4.78, 5) is 0. The highest BCUT2D eigenvalue weighted by molar-refractivity contribution is 14.2. The summed E-state index contributed by atoms with van der Waals surface area (Å²) in [5.41, 5.74) is 0. The van der Waals surface area contributed by atoms with Crippen molar-refractivity contribution < 1.29 is 3.07 Å². The molecule has 0 aromatic rings. The number of halogens is 1. The highest BCUT2D eigenvalue weighted by atomic mass is 127. The number of rotatable bonds is 0. The van der Waals surface area contributed by atoms with E-state index in [1.807, 2.05) is 0 Å². The van der Waals surface area contributed by atoms with Crippen LogP contribution in [-0.4, -0.2) is 0 Å². The summed E-state index contributed by atoms with van der Waals surface area (Å²) in [6.45, 7) is 0. The van der Waals surface area contributed by atoms with Gasteiger partial charge in [0, 0.05) is 3.93 Å². The molecule has 0 rings (SSSR count). The maximum absolute atomic E-state index is 9.89. The molecule has 0 aliphatic carbocycles. The van der Waals surface area contributed by atoms with Gasteiger partial charge in [0.1, 0.15) is 0 Å². The van der Waals surface area contributed by atoms with Crippen LogP contribution in [0.1, 0.15) is 0 Å². The third-order valence-corrected chi connectivity index (χ3v) is 1.02. The molecule has 0 bridgehead atoms. The van der Waals surface area contributed by atoms with E-state index in [0.717, 1.165) is 0 Å². The third-order valence-electron chi connectivity index (χ3n) is 0.533. The van der Waals surface area contributed by atoms with E-state index in [-0.39, 0.29) is 0 Å². The van der Waals surface area contributed by atoms with Crippen LogP contribution >= 0.6 is 21.2 Å². The van der Waals surface area contributed by atoms with E-state index in [1.54, 1.807) is 0 Å². The van der Waals surface area contributed by atoms with Gasteiger partial charge in [-0.05, 0) is 47.4 Å². The van der Waals surface area contributed by atoms with Gasteiger partial charge in [0.2, 0.25) is 21.2 Å². The predicted octanol–water partition coefficient (Wildman–Crippen LogP) is 0.907. The van der Waals surface area contributed by atoms with E-state index >= 15 is 0 Å². The molecule has 1 nitrogen and oxygen atoms in total. The molecule has 0 heterocycles. The molecule has 0 aromatic carbocycles. The molecule has 0 N–H and O–H groups in total.